The highest BCUT2D eigenvalue weighted by molar-refractivity contribution is 7.89. The Bertz CT molecular complexity index is 263. The van der Waals surface area contributed by atoms with Crippen molar-refractivity contribution in [2.45, 2.75) is 38.6 Å². The monoisotopic (exact) mass is 221 g/mol. The standard InChI is InChI=1S/C9H19NO3S/c1-2-3-7-14(12,13)10-6-4-5-9(10)8-11/h9,11H,2-8H2,1H3/t9-/m0/s1. The zero-order chi connectivity index (χ0) is 10.6. The highest BCUT2D eigenvalue weighted by atomic mass is 32.2. The molecule has 14 heavy (non-hydrogen) atoms. The Labute approximate surface area is 86.0 Å². The molecule has 4 nitrogen and oxygen atoms in total. The summed E-state index contributed by atoms with van der Waals surface area (Å²) in [5.74, 6) is 0.222. The van der Waals surface area contributed by atoms with E-state index in [9.17, 15) is 8.42 Å². The van der Waals surface area contributed by atoms with Crippen LogP contribution in [0.2, 0.25) is 0 Å². The van der Waals surface area contributed by atoms with Crippen LogP contribution in [0.3, 0.4) is 0 Å². The molecule has 0 spiro atoms. The Kier molecular flexibility index (Phi) is 4.34. The van der Waals surface area contributed by atoms with Gasteiger partial charge in [0.25, 0.3) is 0 Å². The van der Waals surface area contributed by atoms with Crippen LogP contribution in [0.5, 0.6) is 0 Å². The normalized spacial score (nSPS) is 24.3. The lowest BCUT2D eigenvalue weighted by Gasteiger charge is -2.22. The summed E-state index contributed by atoms with van der Waals surface area (Å²) in [4.78, 5) is 0. The van der Waals surface area contributed by atoms with Gasteiger partial charge in [-0.25, -0.2) is 8.42 Å². The summed E-state index contributed by atoms with van der Waals surface area (Å²) in [6, 6.07) is -0.170. The fraction of sp³-hybridized carbons (Fsp3) is 1.00. The van der Waals surface area contributed by atoms with Gasteiger partial charge in [-0.3, -0.25) is 0 Å². The third kappa shape index (κ3) is 2.68. The highest BCUT2D eigenvalue weighted by Crippen LogP contribution is 2.21. The van der Waals surface area contributed by atoms with E-state index in [1.165, 1.54) is 4.31 Å². The smallest absolute Gasteiger partial charge is 0.214 e. The molecule has 0 aromatic carbocycles. The molecular formula is C9H19NO3S. The lowest BCUT2D eigenvalue weighted by Crippen LogP contribution is -2.38. The van der Waals surface area contributed by atoms with Crippen LogP contribution in [0.25, 0.3) is 0 Å². The molecule has 0 aliphatic carbocycles. The molecule has 5 heteroatoms. The molecule has 84 valence electrons. The van der Waals surface area contributed by atoms with Gasteiger partial charge in [-0.05, 0) is 19.3 Å². The molecule has 1 heterocycles. The second-order valence-corrected chi connectivity index (χ2v) is 5.80. The van der Waals surface area contributed by atoms with Gasteiger partial charge < -0.3 is 5.11 Å². The molecule has 1 aliphatic rings. The van der Waals surface area contributed by atoms with Crippen LogP contribution in [0.1, 0.15) is 32.6 Å². The van der Waals surface area contributed by atoms with E-state index < -0.39 is 10.0 Å². The van der Waals surface area contributed by atoms with Crippen molar-refractivity contribution in [1.82, 2.24) is 4.31 Å². The summed E-state index contributed by atoms with van der Waals surface area (Å²) in [5.41, 5.74) is 0. The molecule has 1 N–H and O–H groups in total. The van der Waals surface area contributed by atoms with Crippen LogP contribution in [0, 0.1) is 0 Å². The van der Waals surface area contributed by atoms with Gasteiger partial charge in [-0.2, -0.15) is 4.31 Å². The third-order valence-electron chi connectivity index (χ3n) is 2.65. The maximum atomic E-state index is 11.8. The number of aliphatic hydroxyl groups excluding tert-OH is 1. The van der Waals surface area contributed by atoms with Gasteiger partial charge in [-0.1, -0.05) is 13.3 Å². The van der Waals surface area contributed by atoms with Crippen LogP contribution in [0.15, 0.2) is 0 Å². The van der Waals surface area contributed by atoms with Gasteiger partial charge in [0, 0.05) is 12.6 Å². The Morgan fingerprint density at radius 1 is 1.50 bits per heavy atom. The molecule has 0 radical (unpaired) electrons. The van der Waals surface area contributed by atoms with Crippen molar-refractivity contribution in [3.63, 3.8) is 0 Å². The van der Waals surface area contributed by atoms with E-state index in [1.54, 1.807) is 0 Å². The van der Waals surface area contributed by atoms with E-state index in [0.29, 0.717) is 13.0 Å². The van der Waals surface area contributed by atoms with E-state index in [2.05, 4.69) is 0 Å². The van der Waals surface area contributed by atoms with Crippen LogP contribution in [0.4, 0.5) is 0 Å². The molecule has 1 fully saturated rings. The van der Waals surface area contributed by atoms with Crippen molar-refractivity contribution in [2.75, 3.05) is 18.9 Å². The average molecular weight is 221 g/mol. The van der Waals surface area contributed by atoms with Gasteiger partial charge >= 0.3 is 0 Å². The minimum absolute atomic E-state index is 0.0502. The fourth-order valence-electron chi connectivity index (χ4n) is 1.80. The van der Waals surface area contributed by atoms with E-state index in [-0.39, 0.29) is 18.4 Å². The fourth-order valence-corrected chi connectivity index (χ4v) is 3.72. The first-order valence-corrected chi connectivity index (χ1v) is 6.83. The van der Waals surface area contributed by atoms with Crippen LogP contribution >= 0.6 is 0 Å². The summed E-state index contributed by atoms with van der Waals surface area (Å²) in [7, 11) is -3.11. The first-order chi connectivity index (χ1) is 6.61. The zero-order valence-electron chi connectivity index (χ0n) is 8.65. The number of hydrogen-bond donors (Lipinski definition) is 1. The molecule has 0 aromatic heterocycles. The predicted octanol–water partition coefficient (Wildman–Crippen LogP) is 0.573. The van der Waals surface area contributed by atoms with Gasteiger partial charge in [0.15, 0.2) is 0 Å². The molecule has 1 saturated heterocycles. The van der Waals surface area contributed by atoms with Crippen molar-refractivity contribution in [2.24, 2.45) is 0 Å². The van der Waals surface area contributed by atoms with Gasteiger partial charge in [0.05, 0.1) is 12.4 Å². The SMILES string of the molecule is CCCCS(=O)(=O)N1CCC[C@H]1CO. The highest BCUT2D eigenvalue weighted by Gasteiger charge is 2.32. The molecule has 1 aliphatic heterocycles. The number of rotatable bonds is 5. The van der Waals surface area contributed by atoms with E-state index in [4.69, 9.17) is 5.11 Å². The first kappa shape index (κ1) is 11.9. The number of nitrogens with zero attached hydrogens (tertiary/aromatic N) is 1. The number of unbranched alkanes of at least 4 members (excludes halogenated alkanes) is 1. The summed E-state index contributed by atoms with van der Waals surface area (Å²) in [5, 5.41) is 9.02. The zero-order valence-corrected chi connectivity index (χ0v) is 9.46. The maximum absolute atomic E-state index is 11.8. The minimum atomic E-state index is -3.11. The van der Waals surface area contributed by atoms with E-state index in [0.717, 1.165) is 19.3 Å². The first-order valence-electron chi connectivity index (χ1n) is 5.22. The molecule has 1 atom stereocenters. The Hall–Kier alpha value is -0.130. The lowest BCUT2D eigenvalue weighted by molar-refractivity contribution is 0.213. The summed E-state index contributed by atoms with van der Waals surface area (Å²) >= 11 is 0. The summed E-state index contributed by atoms with van der Waals surface area (Å²) in [6.45, 7) is 2.51. The molecule has 0 bridgehead atoms. The van der Waals surface area contributed by atoms with Crippen LogP contribution in [-0.4, -0.2) is 42.8 Å². The van der Waals surface area contributed by atoms with Gasteiger partial charge in [0.2, 0.25) is 10.0 Å². The topological polar surface area (TPSA) is 57.6 Å². The van der Waals surface area contributed by atoms with Gasteiger partial charge in [0.1, 0.15) is 0 Å². The Balaban J connectivity index is 2.61. The Morgan fingerprint density at radius 3 is 2.79 bits per heavy atom. The second kappa shape index (κ2) is 5.09. The molecular weight excluding hydrogens is 202 g/mol. The van der Waals surface area contributed by atoms with E-state index >= 15 is 0 Å². The van der Waals surface area contributed by atoms with Crippen molar-refractivity contribution < 1.29 is 13.5 Å². The summed E-state index contributed by atoms with van der Waals surface area (Å²) in [6.07, 6.45) is 3.26. The average Bonchev–Trinajstić information content (AvgIpc) is 2.63. The van der Waals surface area contributed by atoms with Gasteiger partial charge in [-0.15, -0.1) is 0 Å². The Morgan fingerprint density at radius 2 is 2.21 bits per heavy atom. The van der Waals surface area contributed by atoms with Crippen molar-refractivity contribution in [1.29, 1.82) is 0 Å². The largest absolute Gasteiger partial charge is 0.395 e. The number of hydrogen-bond acceptors (Lipinski definition) is 3. The minimum Gasteiger partial charge on any atom is -0.395 e. The lowest BCUT2D eigenvalue weighted by atomic mass is 10.2. The maximum Gasteiger partial charge on any atom is 0.214 e. The quantitative estimate of drug-likeness (QED) is 0.738. The molecule has 0 amide bonds. The number of sulfonamides is 1. The number of aliphatic hydroxyl groups is 1. The van der Waals surface area contributed by atoms with Crippen molar-refractivity contribution in [3.05, 3.63) is 0 Å². The third-order valence-corrected chi connectivity index (χ3v) is 4.65. The second-order valence-electron chi connectivity index (χ2n) is 3.76. The van der Waals surface area contributed by atoms with E-state index in [1.807, 2.05) is 6.92 Å². The molecule has 0 saturated carbocycles. The van der Waals surface area contributed by atoms with Crippen LogP contribution < -0.4 is 0 Å². The summed E-state index contributed by atoms with van der Waals surface area (Å²) < 4.78 is 25.0. The molecule has 0 unspecified atom stereocenters. The van der Waals surface area contributed by atoms with Crippen molar-refractivity contribution in [3.8, 4) is 0 Å². The van der Waals surface area contributed by atoms with Crippen LogP contribution in [-0.2, 0) is 10.0 Å². The molecule has 0 aromatic rings. The van der Waals surface area contributed by atoms with Crippen molar-refractivity contribution >= 4 is 10.0 Å². The predicted molar refractivity (Wildman–Crippen MR) is 55.5 cm³/mol. The molecule has 1 rings (SSSR count).